The van der Waals surface area contributed by atoms with Crippen molar-refractivity contribution in [3.05, 3.63) is 56.2 Å². The van der Waals surface area contributed by atoms with Crippen molar-refractivity contribution in [1.82, 2.24) is 5.32 Å². The largest absolute Gasteiger partial charge is 0.307 e. The van der Waals surface area contributed by atoms with Gasteiger partial charge in [-0.15, -0.1) is 11.3 Å². The first kappa shape index (κ1) is 15.7. The second-order valence-corrected chi connectivity index (χ2v) is 7.31. The first-order valence-electron chi connectivity index (χ1n) is 7.30. The first-order chi connectivity index (χ1) is 9.74. The quantitative estimate of drug-likeness (QED) is 0.689. The molecule has 0 aliphatic rings. The van der Waals surface area contributed by atoms with Gasteiger partial charge in [0.25, 0.3) is 0 Å². The van der Waals surface area contributed by atoms with Gasteiger partial charge in [0, 0.05) is 0 Å². The van der Waals surface area contributed by atoms with Gasteiger partial charge in [-0.25, -0.2) is 0 Å². The van der Waals surface area contributed by atoms with Crippen LogP contribution in [0.15, 0.2) is 39.5 Å². The van der Waals surface area contributed by atoms with Crippen molar-refractivity contribution in [2.75, 3.05) is 6.54 Å². The molecule has 0 saturated heterocycles. The van der Waals surface area contributed by atoms with Crippen molar-refractivity contribution in [3.8, 4) is 0 Å². The topological polar surface area (TPSA) is 12.0 Å². The average Bonchev–Trinajstić information content (AvgIpc) is 2.89. The zero-order valence-electron chi connectivity index (χ0n) is 12.2. The lowest BCUT2D eigenvalue weighted by molar-refractivity contribution is 0.632. The average molecular weight is 352 g/mol. The molecule has 1 nitrogen and oxygen atoms in total. The minimum absolute atomic E-state index is 0.294. The molecule has 0 saturated carbocycles. The second-order valence-electron chi connectivity index (χ2n) is 5.02. The van der Waals surface area contributed by atoms with E-state index in [0.29, 0.717) is 6.04 Å². The summed E-state index contributed by atoms with van der Waals surface area (Å²) in [5.74, 6) is 0. The van der Waals surface area contributed by atoms with E-state index < -0.39 is 0 Å². The predicted octanol–water partition coefficient (Wildman–Crippen LogP) is 5.55. The minimum atomic E-state index is 0.294. The number of hydrogen-bond donors (Lipinski definition) is 1. The summed E-state index contributed by atoms with van der Waals surface area (Å²) < 4.78 is 1.19. The lowest BCUT2D eigenvalue weighted by Crippen LogP contribution is -2.21. The fraction of sp³-hybridized carbons (Fsp3) is 0.412. The van der Waals surface area contributed by atoms with E-state index in [4.69, 9.17) is 0 Å². The molecule has 3 heteroatoms. The highest BCUT2D eigenvalue weighted by Crippen LogP contribution is 2.29. The maximum absolute atomic E-state index is 3.58. The van der Waals surface area contributed by atoms with Crippen molar-refractivity contribution in [3.63, 3.8) is 0 Å². The van der Waals surface area contributed by atoms with Gasteiger partial charge in [-0.1, -0.05) is 44.5 Å². The van der Waals surface area contributed by atoms with Crippen LogP contribution in [0.5, 0.6) is 0 Å². The van der Waals surface area contributed by atoms with E-state index in [2.05, 4.69) is 70.8 Å². The second kappa shape index (κ2) is 7.96. The monoisotopic (exact) mass is 351 g/mol. The summed E-state index contributed by atoms with van der Waals surface area (Å²) in [6, 6.07) is 11.6. The first-order valence-corrected chi connectivity index (χ1v) is 8.98. The van der Waals surface area contributed by atoms with Crippen LogP contribution in [-0.4, -0.2) is 6.54 Å². The molecule has 0 aliphatic carbocycles. The number of unbranched alkanes of at least 4 members (excludes halogenated alkanes) is 1. The molecule has 1 aromatic heterocycles. The van der Waals surface area contributed by atoms with Gasteiger partial charge < -0.3 is 5.32 Å². The van der Waals surface area contributed by atoms with Crippen molar-refractivity contribution in [2.24, 2.45) is 0 Å². The summed E-state index contributed by atoms with van der Waals surface area (Å²) in [6.07, 6.45) is 3.71. The van der Waals surface area contributed by atoms with Crippen LogP contribution in [0.25, 0.3) is 0 Å². The molecule has 0 bridgehead atoms. The third-order valence-electron chi connectivity index (χ3n) is 3.46. The number of benzene rings is 1. The molecular weight excluding hydrogens is 330 g/mol. The molecule has 1 unspecified atom stereocenters. The van der Waals surface area contributed by atoms with Crippen LogP contribution in [0, 0.1) is 0 Å². The van der Waals surface area contributed by atoms with E-state index in [1.165, 1.54) is 39.7 Å². The Morgan fingerprint density at radius 3 is 2.45 bits per heavy atom. The van der Waals surface area contributed by atoms with Gasteiger partial charge in [-0.05, 0) is 63.5 Å². The number of hydrogen-bond acceptors (Lipinski definition) is 2. The molecule has 2 aromatic rings. The smallest absolute Gasteiger partial charge is 0.0701 e. The Morgan fingerprint density at radius 1 is 1.15 bits per heavy atom. The molecule has 0 spiro atoms. The Kier molecular flexibility index (Phi) is 6.27. The van der Waals surface area contributed by atoms with Gasteiger partial charge in [0.05, 0.1) is 9.83 Å². The van der Waals surface area contributed by atoms with Gasteiger partial charge in [0.1, 0.15) is 0 Å². The van der Waals surface area contributed by atoms with E-state index in [9.17, 15) is 0 Å². The molecule has 0 fully saturated rings. The Bertz CT molecular complexity index is 518. The third kappa shape index (κ3) is 4.18. The van der Waals surface area contributed by atoms with Crippen LogP contribution in [0.4, 0.5) is 0 Å². The van der Waals surface area contributed by atoms with Gasteiger partial charge >= 0.3 is 0 Å². The maximum atomic E-state index is 3.58. The summed E-state index contributed by atoms with van der Waals surface area (Å²) in [5.41, 5.74) is 4.12. The minimum Gasteiger partial charge on any atom is -0.307 e. The van der Waals surface area contributed by atoms with Crippen LogP contribution < -0.4 is 5.32 Å². The molecule has 108 valence electrons. The molecule has 0 radical (unpaired) electrons. The van der Waals surface area contributed by atoms with Crippen molar-refractivity contribution < 1.29 is 0 Å². The standard InChI is InChI=1S/C17H22BrNS/c1-3-5-6-13-7-9-14(10-8-13)17(19-4-2)15-11-16(18)20-12-15/h7-12,17,19H,3-6H2,1-2H3. The van der Waals surface area contributed by atoms with E-state index in [0.717, 1.165) is 6.54 Å². The van der Waals surface area contributed by atoms with Crippen LogP contribution in [-0.2, 0) is 6.42 Å². The van der Waals surface area contributed by atoms with E-state index in [1.54, 1.807) is 11.3 Å². The predicted molar refractivity (Wildman–Crippen MR) is 92.6 cm³/mol. The molecule has 20 heavy (non-hydrogen) atoms. The Labute approximate surface area is 134 Å². The molecule has 1 atom stereocenters. The molecule has 2 rings (SSSR count). The van der Waals surface area contributed by atoms with Crippen LogP contribution >= 0.6 is 27.3 Å². The van der Waals surface area contributed by atoms with Crippen LogP contribution in [0.2, 0.25) is 0 Å². The summed E-state index contributed by atoms with van der Waals surface area (Å²) in [6.45, 7) is 5.36. The molecule has 1 aromatic carbocycles. The molecule has 0 aliphatic heterocycles. The highest BCUT2D eigenvalue weighted by atomic mass is 79.9. The normalized spacial score (nSPS) is 12.6. The molecule has 1 N–H and O–H groups in total. The Morgan fingerprint density at radius 2 is 1.90 bits per heavy atom. The van der Waals surface area contributed by atoms with Crippen LogP contribution in [0.1, 0.15) is 49.4 Å². The Hall–Kier alpha value is -0.640. The summed E-state index contributed by atoms with van der Waals surface area (Å²) >= 11 is 5.30. The lowest BCUT2D eigenvalue weighted by atomic mass is 9.98. The van der Waals surface area contributed by atoms with Gasteiger partial charge in [-0.2, -0.15) is 0 Å². The number of nitrogens with one attached hydrogen (secondary N) is 1. The zero-order chi connectivity index (χ0) is 14.4. The van der Waals surface area contributed by atoms with Crippen molar-refractivity contribution in [1.29, 1.82) is 0 Å². The number of thiophene rings is 1. The zero-order valence-corrected chi connectivity index (χ0v) is 14.6. The van der Waals surface area contributed by atoms with E-state index in [-0.39, 0.29) is 0 Å². The number of halogens is 1. The highest BCUT2D eigenvalue weighted by Gasteiger charge is 2.14. The number of aryl methyl sites for hydroxylation is 1. The number of rotatable bonds is 7. The van der Waals surface area contributed by atoms with Crippen molar-refractivity contribution in [2.45, 2.75) is 39.2 Å². The van der Waals surface area contributed by atoms with Gasteiger partial charge in [0.2, 0.25) is 0 Å². The SMILES string of the molecule is CCCCc1ccc(C(NCC)c2csc(Br)c2)cc1. The summed E-state index contributed by atoms with van der Waals surface area (Å²) in [7, 11) is 0. The molecule has 1 heterocycles. The van der Waals surface area contributed by atoms with Gasteiger partial charge in [-0.3, -0.25) is 0 Å². The molecular formula is C17H22BrNS. The molecule has 0 amide bonds. The summed E-state index contributed by atoms with van der Waals surface area (Å²) in [5, 5.41) is 5.80. The lowest BCUT2D eigenvalue weighted by Gasteiger charge is -2.17. The van der Waals surface area contributed by atoms with E-state index >= 15 is 0 Å². The van der Waals surface area contributed by atoms with Crippen LogP contribution in [0.3, 0.4) is 0 Å². The van der Waals surface area contributed by atoms with Gasteiger partial charge in [0.15, 0.2) is 0 Å². The summed E-state index contributed by atoms with van der Waals surface area (Å²) in [4.78, 5) is 0. The third-order valence-corrected chi connectivity index (χ3v) is 4.98. The highest BCUT2D eigenvalue weighted by molar-refractivity contribution is 9.11. The fourth-order valence-corrected chi connectivity index (χ4v) is 3.57. The maximum Gasteiger partial charge on any atom is 0.0701 e. The fourth-order valence-electron chi connectivity index (χ4n) is 2.36. The van der Waals surface area contributed by atoms with Crippen molar-refractivity contribution >= 4 is 27.3 Å². The Balaban J connectivity index is 2.17. The van der Waals surface area contributed by atoms with E-state index in [1.807, 2.05) is 0 Å².